The molecular weight excluding hydrogens is 266 g/mol. The van der Waals surface area contributed by atoms with E-state index in [1.54, 1.807) is 14.2 Å². The molecule has 5 nitrogen and oxygen atoms in total. The number of hydrogen-bond acceptors (Lipinski definition) is 3. The van der Waals surface area contributed by atoms with Crippen LogP contribution in [0.2, 0.25) is 0 Å². The predicted octanol–water partition coefficient (Wildman–Crippen LogP) is 1.96. The molecule has 0 amide bonds. The number of guanidine groups is 1. The molecule has 0 radical (unpaired) electrons. The van der Waals surface area contributed by atoms with E-state index in [1.807, 2.05) is 18.2 Å². The van der Waals surface area contributed by atoms with Crippen molar-refractivity contribution < 1.29 is 9.47 Å². The SMILES string of the molecule is CCNC(=NCCc1cc(OC)ccc1OC)NC1CC1. The molecule has 1 aromatic rings. The highest BCUT2D eigenvalue weighted by Gasteiger charge is 2.21. The second kappa shape index (κ2) is 7.76. The highest BCUT2D eigenvalue weighted by molar-refractivity contribution is 5.80. The predicted molar refractivity (Wildman–Crippen MR) is 85.4 cm³/mol. The number of benzene rings is 1. The van der Waals surface area contributed by atoms with E-state index < -0.39 is 0 Å². The van der Waals surface area contributed by atoms with E-state index in [0.29, 0.717) is 12.6 Å². The molecule has 0 unspecified atom stereocenters. The largest absolute Gasteiger partial charge is 0.497 e. The minimum Gasteiger partial charge on any atom is -0.497 e. The lowest BCUT2D eigenvalue weighted by molar-refractivity contribution is 0.399. The molecule has 2 rings (SSSR count). The van der Waals surface area contributed by atoms with Gasteiger partial charge in [0.05, 0.1) is 14.2 Å². The van der Waals surface area contributed by atoms with Crippen LogP contribution in [-0.4, -0.2) is 39.3 Å². The van der Waals surface area contributed by atoms with E-state index in [2.05, 4.69) is 22.5 Å². The van der Waals surface area contributed by atoms with Crippen molar-refractivity contribution in [3.05, 3.63) is 23.8 Å². The van der Waals surface area contributed by atoms with Gasteiger partial charge in [0.15, 0.2) is 5.96 Å². The van der Waals surface area contributed by atoms with Crippen LogP contribution in [0.3, 0.4) is 0 Å². The first kappa shape index (κ1) is 15.5. The Hall–Kier alpha value is -1.91. The quantitative estimate of drug-likeness (QED) is 0.596. The van der Waals surface area contributed by atoms with E-state index in [4.69, 9.17) is 9.47 Å². The average Bonchev–Trinajstić information content (AvgIpc) is 3.31. The van der Waals surface area contributed by atoms with E-state index in [-0.39, 0.29) is 0 Å². The van der Waals surface area contributed by atoms with Gasteiger partial charge in [-0.3, -0.25) is 4.99 Å². The first-order chi connectivity index (χ1) is 10.3. The van der Waals surface area contributed by atoms with Crippen LogP contribution in [0.4, 0.5) is 0 Å². The van der Waals surface area contributed by atoms with Crippen molar-refractivity contribution in [3.63, 3.8) is 0 Å². The third-order valence-corrected chi connectivity index (χ3v) is 3.40. The number of nitrogens with zero attached hydrogens (tertiary/aromatic N) is 1. The van der Waals surface area contributed by atoms with Crippen LogP contribution in [0.15, 0.2) is 23.2 Å². The van der Waals surface area contributed by atoms with Crippen LogP contribution >= 0.6 is 0 Å². The lowest BCUT2D eigenvalue weighted by atomic mass is 10.1. The molecule has 5 heteroatoms. The van der Waals surface area contributed by atoms with E-state index >= 15 is 0 Å². The van der Waals surface area contributed by atoms with Gasteiger partial charge < -0.3 is 20.1 Å². The van der Waals surface area contributed by atoms with Crippen molar-refractivity contribution in [2.24, 2.45) is 4.99 Å². The first-order valence-electron chi connectivity index (χ1n) is 7.52. The zero-order valence-electron chi connectivity index (χ0n) is 13.1. The monoisotopic (exact) mass is 291 g/mol. The molecule has 0 saturated heterocycles. The van der Waals surface area contributed by atoms with Gasteiger partial charge in [0.25, 0.3) is 0 Å². The third-order valence-electron chi connectivity index (χ3n) is 3.40. The van der Waals surface area contributed by atoms with Gasteiger partial charge in [-0.1, -0.05) is 0 Å². The Kier molecular flexibility index (Phi) is 5.72. The average molecular weight is 291 g/mol. The number of methoxy groups -OCH3 is 2. The number of hydrogen-bond donors (Lipinski definition) is 2. The summed E-state index contributed by atoms with van der Waals surface area (Å²) in [4.78, 5) is 4.62. The zero-order chi connectivity index (χ0) is 15.1. The molecule has 116 valence electrons. The molecule has 1 fully saturated rings. The molecule has 1 aliphatic carbocycles. The van der Waals surface area contributed by atoms with Crippen molar-refractivity contribution in [1.82, 2.24) is 10.6 Å². The fourth-order valence-electron chi connectivity index (χ4n) is 2.11. The molecular formula is C16H25N3O2. The third kappa shape index (κ3) is 4.85. The topological polar surface area (TPSA) is 54.9 Å². The molecule has 1 aliphatic rings. The highest BCUT2D eigenvalue weighted by atomic mass is 16.5. The Labute approximate surface area is 126 Å². The molecule has 0 spiro atoms. The fourth-order valence-corrected chi connectivity index (χ4v) is 2.11. The summed E-state index contributed by atoms with van der Waals surface area (Å²) in [7, 11) is 3.36. The van der Waals surface area contributed by atoms with Crippen LogP contribution in [0.25, 0.3) is 0 Å². The summed E-state index contributed by atoms with van der Waals surface area (Å²) in [6, 6.07) is 6.46. The molecule has 2 N–H and O–H groups in total. The molecule has 0 atom stereocenters. The number of ether oxygens (including phenoxy) is 2. The van der Waals surface area contributed by atoms with Crippen molar-refractivity contribution in [3.8, 4) is 11.5 Å². The van der Waals surface area contributed by atoms with Gasteiger partial charge in [0.2, 0.25) is 0 Å². The van der Waals surface area contributed by atoms with Crippen LogP contribution in [0.1, 0.15) is 25.3 Å². The standard InChI is InChI=1S/C16H25N3O2/c1-4-17-16(19-13-5-6-13)18-10-9-12-11-14(20-2)7-8-15(12)21-3/h7-8,11,13H,4-6,9-10H2,1-3H3,(H2,17,18,19). The minimum absolute atomic E-state index is 0.606. The number of aliphatic imine (C=N–C) groups is 1. The fraction of sp³-hybridized carbons (Fsp3) is 0.562. The van der Waals surface area contributed by atoms with Gasteiger partial charge in [-0.25, -0.2) is 0 Å². The first-order valence-corrected chi connectivity index (χ1v) is 7.52. The minimum atomic E-state index is 0.606. The molecule has 0 aromatic heterocycles. The van der Waals surface area contributed by atoms with Gasteiger partial charge in [-0.05, 0) is 49.9 Å². The van der Waals surface area contributed by atoms with Crippen LogP contribution in [0.5, 0.6) is 11.5 Å². The van der Waals surface area contributed by atoms with Crippen molar-refractivity contribution >= 4 is 5.96 Å². The van der Waals surface area contributed by atoms with Crippen LogP contribution in [0, 0.1) is 0 Å². The smallest absolute Gasteiger partial charge is 0.191 e. The van der Waals surface area contributed by atoms with E-state index in [0.717, 1.165) is 36.0 Å². The lowest BCUT2D eigenvalue weighted by Gasteiger charge is -2.12. The summed E-state index contributed by atoms with van der Waals surface area (Å²) in [6.07, 6.45) is 3.31. The van der Waals surface area contributed by atoms with Gasteiger partial charge >= 0.3 is 0 Å². The van der Waals surface area contributed by atoms with Gasteiger partial charge in [-0.15, -0.1) is 0 Å². The maximum Gasteiger partial charge on any atom is 0.191 e. The van der Waals surface area contributed by atoms with Gasteiger partial charge in [0, 0.05) is 19.1 Å². The molecule has 0 bridgehead atoms. The van der Waals surface area contributed by atoms with Crippen molar-refractivity contribution in [2.45, 2.75) is 32.2 Å². The molecule has 1 saturated carbocycles. The van der Waals surface area contributed by atoms with Gasteiger partial charge in [0.1, 0.15) is 11.5 Å². The van der Waals surface area contributed by atoms with Crippen molar-refractivity contribution in [2.75, 3.05) is 27.3 Å². The van der Waals surface area contributed by atoms with E-state index in [9.17, 15) is 0 Å². The van der Waals surface area contributed by atoms with Crippen molar-refractivity contribution in [1.29, 1.82) is 0 Å². The van der Waals surface area contributed by atoms with E-state index in [1.165, 1.54) is 12.8 Å². The summed E-state index contributed by atoms with van der Waals surface area (Å²) < 4.78 is 10.7. The summed E-state index contributed by atoms with van der Waals surface area (Å²) in [6.45, 7) is 3.67. The normalized spacial score (nSPS) is 14.7. The lowest BCUT2D eigenvalue weighted by Crippen LogP contribution is -2.38. The highest BCUT2D eigenvalue weighted by Crippen LogP contribution is 2.24. The Morgan fingerprint density at radius 1 is 1.29 bits per heavy atom. The molecule has 1 aromatic carbocycles. The van der Waals surface area contributed by atoms with Gasteiger partial charge in [-0.2, -0.15) is 0 Å². The van der Waals surface area contributed by atoms with Crippen LogP contribution in [-0.2, 0) is 6.42 Å². The summed E-state index contributed by atoms with van der Waals surface area (Å²) in [5, 5.41) is 6.69. The second-order valence-electron chi connectivity index (χ2n) is 5.11. The molecule has 0 aliphatic heterocycles. The Morgan fingerprint density at radius 2 is 2.10 bits per heavy atom. The number of nitrogens with one attached hydrogen (secondary N) is 2. The molecule has 0 heterocycles. The summed E-state index contributed by atoms with van der Waals surface area (Å²) in [5.41, 5.74) is 1.11. The Balaban J connectivity index is 1.96. The maximum atomic E-state index is 5.39. The van der Waals surface area contributed by atoms with Crippen LogP contribution < -0.4 is 20.1 Å². The second-order valence-corrected chi connectivity index (χ2v) is 5.11. The summed E-state index contributed by atoms with van der Waals surface area (Å²) in [5.74, 6) is 2.63. The zero-order valence-corrected chi connectivity index (χ0v) is 13.1. The summed E-state index contributed by atoms with van der Waals surface area (Å²) >= 11 is 0. The molecule has 21 heavy (non-hydrogen) atoms. The Bertz CT molecular complexity index is 484. The Morgan fingerprint density at radius 3 is 2.71 bits per heavy atom. The number of rotatable bonds is 7. The maximum absolute atomic E-state index is 5.39.